The summed E-state index contributed by atoms with van der Waals surface area (Å²) in [4.78, 5) is 22.2. The first-order valence-electron chi connectivity index (χ1n) is 11.0. The molecule has 1 saturated heterocycles. The number of ether oxygens (including phenoxy) is 1. The molecule has 2 unspecified atom stereocenters. The highest BCUT2D eigenvalue weighted by molar-refractivity contribution is 5.93. The summed E-state index contributed by atoms with van der Waals surface area (Å²) in [6.07, 6.45) is 4.61. The number of nitrogens with two attached hydrogens (primary N) is 1. The first-order valence-corrected chi connectivity index (χ1v) is 11.0. The van der Waals surface area contributed by atoms with Crippen LogP contribution in [0.2, 0.25) is 0 Å². The number of aryl methyl sites for hydroxylation is 1. The van der Waals surface area contributed by atoms with Crippen molar-refractivity contribution in [2.75, 3.05) is 24.6 Å². The van der Waals surface area contributed by atoms with Crippen LogP contribution in [-0.4, -0.2) is 35.6 Å². The number of aromatic nitrogens is 2. The van der Waals surface area contributed by atoms with Gasteiger partial charge < -0.3 is 15.4 Å². The third kappa shape index (κ3) is 4.13. The molecule has 0 spiro atoms. The maximum Gasteiger partial charge on any atom is 0.248 e. The Bertz CT molecular complexity index is 1150. The summed E-state index contributed by atoms with van der Waals surface area (Å²) in [5.74, 6) is -0.555. The monoisotopic (exact) mass is 450 g/mol. The van der Waals surface area contributed by atoms with Gasteiger partial charge in [-0.15, -0.1) is 0 Å². The molecule has 170 valence electrons. The van der Waals surface area contributed by atoms with Crippen LogP contribution in [0.4, 0.5) is 14.7 Å². The number of hydrogen-bond acceptors (Lipinski definition) is 5. The normalized spacial score (nSPS) is 21.1. The lowest BCUT2D eigenvalue weighted by molar-refractivity contribution is 0.100. The second kappa shape index (κ2) is 8.42. The largest absolute Gasteiger partial charge is 0.487 e. The lowest BCUT2D eigenvalue weighted by Crippen LogP contribution is -2.27. The van der Waals surface area contributed by atoms with E-state index < -0.39 is 17.5 Å². The van der Waals surface area contributed by atoms with Crippen molar-refractivity contribution < 1.29 is 18.3 Å². The Kier molecular flexibility index (Phi) is 5.44. The highest BCUT2D eigenvalue weighted by Crippen LogP contribution is 2.52. The molecule has 2 N–H and O–H groups in total. The molecule has 3 aromatic rings. The molecule has 1 aliphatic carbocycles. The van der Waals surface area contributed by atoms with Crippen molar-refractivity contribution >= 4 is 11.9 Å². The molecule has 1 aliphatic heterocycles. The van der Waals surface area contributed by atoms with Gasteiger partial charge in [-0.05, 0) is 59.2 Å². The minimum Gasteiger partial charge on any atom is -0.487 e. The predicted molar refractivity (Wildman–Crippen MR) is 120 cm³/mol. The Morgan fingerprint density at radius 1 is 1.06 bits per heavy atom. The number of benzene rings is 2. The van der Waals surface area contributed by atoms with Crippen molar-refractivity contribution in [3.05, 3.63) is 71.6 Å². The number of hydrogen-bond donors (Lipinski definition) is 1. The van der Waals surface area contributed by atoms with Gasteiger partial charge in [-0.3, -0.25) is 4.79 Å². The number of primary amides is 1. The molecule has 1 saturated carbocycles. The minimum absolute atomic E-state index is 0.274. The molecule has 1 amide bonds. The number of carbonyl (C=O) groups is 1. The number of carbonyl (C=O) groups excluding carboxylic acids is 1. The van der Waals surface area contributed by atoms with Crippen molar-refractivity contribution in [2.24, 2.45) is 23.5 Å². The third-order valence-corrected chi connectivity index (χ3v) is 6.68. The van der Waals surface area contributed by atoms with Gasteiger partial charge in [-0.2, -0.15) is 0 Å². The van der Waals surface area contributed by atoms with Crippen LogP contribution in [-0.2, 0) is 6.42 Å². The molecule has 33 heavy (non-hydrogen) atoms. The smallest absolute Gasteiger partial charge is 0.248 e. The third-order valence-electron chi connectivity index (χ3n) is 6.68. The van der Waals surface area contributed by atoms with E-state index in [1.54, 1.807) is 12.1 Å². The Balaban J connectivity index is 1.19. The summed E-state index contributed by atoms with van der Waals surface area (Å²) in [5, 5.41) is 0. The van der Waals surface area contributed by atoms with E-state index in [0.717, 1.165) is 31.0 Å². The van der Waals surface area contributed by atoms with Crippen molar-refractivity contribution in [1.82, 2.24) is 9.97 Å². The lowest BCUT2D eigenvalue weighted by Gasteiger charge is -2.20. The molecule has 0 radical (unpaired) electrons. The summed E-state index contributed by atoms with van der Waals surface area (Å²) in [6, 6.07) is 8.73. The maximum atomic E-state index is 14.6. The van der Waals surface area contributed by atoms with Crippen LogP contribution in [0.3, 0.4) is 0 Å². The van der Waals surface area contributed by atoms with E-state index in [2.05, 4.69) is 21.8 Å². The van der Waals surface area contributed by atoms with Gasteiger partial charge in [0.05, 0.1) is 6.61 Å². The van der Waals surface area contributed by atoms with Gasteiger partial charge in [0.25, 0.3) is 0 Å². The van der Waals surface area contributed by atoms with Crippen molar-refractivity contribution in [1.29, 1.82) is 0 Å². The van der Waals surface area contributed by atoms with E-state index in [1.165, 1.54) is 24.3 Å². The second-order valence-corrected chi connectivity index (χ2v) is 8.66. The van der Waals surface area contributed by atoms with Crippen LogP contribution in [0, 0.1) is 29.4 Å². The Hall–Kier alpha value is -3.55. The molecule has 6 nitrogen and oxygen atoms in total. The number of fused-ring (bicyclic) bond motifs is 1. The maximum absolute atomic E-state index is 14.6. The average molecular weight is 450 g/mol. The molecule has 8 heteroatoms. The number of nitrogens with zero attached hydrogens (tertiary/aromatic N) is 3. The number of rotatable bonds is 7. The standard InChI is InChI=1S/C25H24F2N4O2/c1-2-14-9-29-25(30-10-14)31-11-18-19(12-31)20(18)13-33-23-21(26)7-17(8-22(23)27)15-3-5-16(6-4-15)24(28)32/h3-10,18-20H,2,11-13H2,1H3,(H2,28,32)/t18-,19?,20?/m1/s1. The van der Waals surface area contributed by atoms with E-state index in [0.29, 0.717) is 28.5 Å². The molecule has 3 atom stereocenters. The quantitative estimate of drug-likeness (QED) is 0.592. The van der Waals surface area contributed by atoms with Gasteiger partial charge in [-0.1, -0.05) is 19.1 Å². The van der Waals surface area contributed by atoms with E-state index in [1.807, 2.05) is 12.4 Å². The molecule has 1 aromatic heterocycles. The van der Waals surface area contributed by atoms with Crippen molar-refractivity contribution in [2.45, 2.75) is 13.3 Å². The molecule has 2 aromatic carbocycles. The molecular weight excluding hydrogens is 426 g/mol. The summed E-state index contributed by atoms with van der Waals surface area (Å²) in [6.45, 7) is 4.00. The van der Waals surface area contributed by atoms with Gasteiger partial charge in [0.15, 0.2) is 17.4 Å². The molecule has 5 rings (SSSR count). The second-order valence-electron chi connectivity index (χ2n) is 8.66. The molecule has 0 bridgehead atoms. The van der Waals surface area contributed by atoms with Gasteiger partial charge in [0.1, 0.15) is 0 Å². The summed E-state index contributed by atoms with van der Waals surface area (Å²) >= 11 is 0. The fourth-order valence-corrected chi connectivity index (χ4v) is 4.62. The van der Waals surface area contributed by atoms with E-state index >= 15 is 0 Å². The Morgan fingerprint density at radius 2 is 1.67 bits per heavy atom. The van der Waals surface area contributed by atoms with Crippen LogP contribution in [0.25, 0.3) is 11.1 Å². The van der Waals surface area contributed by atoms with Gasteiger partial charge >= 0.3 is 0 Å². The van der Waals surface area contributed by atoms with E-state index in [4.69, 9.17) is 10.5 Å². The van der Waals surface area contributed by atoms with E-state index in [9.17, 15) is 13.6 Å². The topological polar surface area (TPSA) is 81.3 Å². The average Bonchev–Trinajstić information content (AvgIpc) is 3.26. The molecular formula is C25H24F2N4O2. The first kappa shape index (κ1) is 21.3. The van der Waals surface area contributed by atoms with Crippen LogP contribution in [0.5, 0.6) is 5.75 Å². The lowest BCUT2D eigenvalue weighted by atomic mass is 10.0. The number of anilines is 1. The molecule has 2 heterocycles. The van der Waals surface area contributed by atoms with Crippen molar-refractivity contribution in [3.63, 3.8) is 0 Å². The van der Waals surface area contributed by atoms with Gasteiger partial charge in [0, 0.05) is 37.0 Å². The van der Waals surface area contributed by atoms with Crippen molar-refractivity contribution in [3.8, 4) is 16.9 Å². The zero-order chi connectivity index (χ0) is 23.1. The fourth-order valence-electron chi connectivity index (χ4n) is 4.62. The number of halogens is 2. The predicted octanol–water partition coefficient (Wildman–Crippen LogP) is 3.84. The first-order chi connectivity index (χ1) is 15.9. The summed E-state index contributed by atoms with van der Waals surface area (Å²) < 4.78 is 34.9. The Morgan fingerprint density at radius 3 is 2.21 bits per heavy atom. The van der Waals surface area contributed by atoms with Gasteiger partial charge in [-0.25, -0.2) is 18.7 Å². The SMILES string of the molecule is CCc1cnc(N2CC3C(COc4c(F)cc(-c5ccc(C(N)=O)cc5)cc4F)[C@@H]3C2)nc1. The highest BCUT2D eigenvalue weighted by Gasteiger charge is 2.56. The fraction of sp³-hybridized carbons (Fsp3) is 0.320. The minimum atomic E-state index is -0.749. The van der Waals surface area contributed by atoms with E-state index in [-0.39, 0.29) is 18.3 Å². The van der Waals surface area contributed by atoms with Crippen LogP contribution >= 0.6 is 0 Å². The number of amides is 1. The Labute approximate surface area is 190 Å². The summed E-state index contributed by atoms with van der Waals surface area (Å²) in [5.41, 5.74) is 7.61. The van der Waals surface area contributed by atoms with Gasteiger partial charge in [0.2, 0.25) is 11.9 Å². The summed E-state index contributed by atoms with van der Waals surface area (Å²) in [7, 11) is 0. The zero-order valence-electron chi connectivity index (χ0n) is 18.2. The van der Waals surface area contributed by atoms with Crippen LogP contribution in [0.1, 0.15) is 22.8 Å². The zero-order valence-corrected chi connectivity index (χ0v) is 18.2. The van der Waals surface area contributed by atoms with Crippen LogP contribution in [0.15, 0.2) is 48.8 Å². The molecule has 2 fully saturated rings. The molecule has 2 aliphatic rings. The number of piperidine rings is 1. The van der Waals surface area contributed by atoms with Crippen LogP contribution < -0.4 is 15.4 Å². The highest BCUT2D eigenvalue weighted by atomic mass is 19.1.